The average Bonchev–Trinajstić information content (AvgIpc) is 2.84. The Kier molecular flexibility index (Phi) is 3.46. The largest absolute Gasteiger partial charge is 0.466 e. The first-order chi connectivity index (χ1) is 7.72. The first-order valence-corrected chi connectivity index (χ1v) is 5.95. The van der Waals surface area contributed by atoms with E-state index >= 15 is 0 Å². The summed E-state index contributed by atoms with van der Waals surface area (Å²) in [5.74, 6) is 0.862. The van der Waals surface area contributed by atoms with E-state index in [2.05, 4.69) is 33.2 Å². The van der Waals surface area contributed by atoms with Crippen LogP contribution in [0.5, 0.6) is 0 Å². The second kappa shape index (κ2) is 4.84. The first-order valence-electron chi connectivity index (χ1n) is 5.16. The van der Waals surface area contributed by atoms with Gasteiger partial charge in [0.15, 0.2) is 0 Å². The highest BCUT2D eigenvalue weighted by atomic mass is 79.9. The number of aryl methyl sites for hydroxylation is 1. The molecule has 16 heavy (non-hydrogen) atoms. The van der Waals surface area contributed by atoms with Gasteiger partial charge in [-0.1, -0.05) is 6.92 Å². The Labute approximate surface area is 103 Å². The van der Waals surface area contributed by atoms with Crippen LogP contribution in [-0.2, 0) is 7.05 Å². The number of rotatable bonds is 4. The minimum atomic E-state index is -0.00410. The monoisotopic (exact) mass is 283 g/mol. The lowest BCUT2D eigenvalue weighted by molar-refractivity contribution is 0.445. The van der Waals surface area contributed by atoms with Crippen LogP contribution in [0.4, 0.5) is 0 Å². The lowest BCUT2D eigenvalue weighted by Gasteiger charge is -2.13. The Balaban J connectivity index is 2.34. The number of hydrogen-bond acceptors (Lipinski definition) is 3. The van der Waals surface area contributed by atoms with E-state index < -0.39 is 0 Å². The van der Waals surface area contributed by atoms with E-state index in [1.807, 2.05) is 23.9 Å². The van der Waals surface area contributed by atoms with Crippen molar-refractivity contribution in [3.8, 4) is 0 Å². The zero-order valence-electron chi connectivity index (χ0n) is 9.27. The molecule has 0 fully saturated rings. The molecule has 1 unspecified atom stereocenters. The number of furan rings is 1. The first kappa shape index (κ1) is 11.4. The molecule has 5 heteroatoms. The summed E-state index contributed by atoms with van der Waals surface area (Å²) < 4.78 is 8.37. The molecule has 2 rings (SSSR count). The lowest BCUT2D eigenvalue weighted by Crippen LogP contribution is -2.22. The lowest BCUT2D eigenvalue weighted by atomic mass is 10.1. The van der Waals surface area contributed by atoms with Crippen molar-refractivity contribution in [2.45, 2.75) is 13.0 Å². The quantitative estimate of drug-likeness (QED) is 0.938. The fourth-order valence-corrected chi connectivity index (χ4v) is 2.06. The maximum atomic E-state index is 5.48. The average molecular weight is 284 g/mol. The van der Waals surface area contributed by atoms with Crippen molar-refractivity contribution in [3.63, 3.8) is 0 Å². The molecular formula is C11H14BrN3O. The van der Waals surface area contributed by atoms with E-state index in [0.29, 0.717) is 0 Å². The second-order valence-electron chi connectivity index (χ2n) is 3.59. The molecule has 4 nitrogen and oxygen atoms in total. The van der Waals surface area contributed by atoms with Gasteiger partial charge in [-0.05, 0) is 28.5 Å². The van der Waals surface area contributed by atoms with Crippen molar-refractivity contribution in [2.75, 3.05) is 6.54 Å². The molecule has 0 bridgehead atoms. The molecule has 0 saturated carbocycles. The molecule has 0 radical (unpaired) electrons. The molecule has 0 aliphatic carbocycles. The number of nitrogens with zero attached hydrogens (tertiary/aromatic N) is 2. The molecule has 0 aliphatic heterocycles. The van der Waals surface area contributed by atoms with Gasteiger partial charge >= 0.3 is 0 Å². The minimum absolute atomic E-state index is 0.00410. The summed E-state index contributed by atoms with van der Waals surface area (Å²) in [5, 5.41) is 3.36. The zero-order valence-corrected chi connectivity index (χ0v) is 10.9. The Bertz CT molecular complexity index is 463. The summed E-state index contributed by atoms with van der Waals surface area (Å²) in [4.78, 5) is 4.35. The SMILES string of the molecule is CCNC(c1cn(C)cn1)c1occc1Br. The Hall–Kier alpha value is -1.07. The van der Waals surface area contributed by atoms with Crippen molar-refractivity contribution >= 4 is 15.9 Å². The van der Waals surface area contributed by atoms with Crippen LogP contribution in [-0.4, -0.2) is 16.1 Å². The normalized spacial score (nSPS) is 12.9. The second-order valence-corrected chi connectivity index (χ2v) is 4.44. The third-order valence-electron chi connectivity index (χ3n) is 2.34. The summed E-state index contributed by atoms with van der Waals surface area (Å²) >= 11 is 3.47. The predicted molar refractivity (Wildman–Crippen MR) is 65.1 cm³/mol. The summed E-state index contributed by atoms with van der Waals surface area (Å²) in [7, 11) is 1.96. The number of halogens is 1. The molecule has 0 amide bonds. The van der Waals surface area contributed by atoms with Crippen LogP contribution in [0.1, 0.15) is 24.4 Å². The minimum Gasteiger partial charge on any atom is -0.466 e. The summed E-state index contributed by atoms with van der Waals surface area (Å²) in [6.07, 6.45) is 5.45. The smallest absolute Gasteiger partial charge is 0.141 e. The Morgan fingerprint density at radius 1 is 1.62 bits per heavy atom. The van der Waals surface area contributed by atoms with Gasteiger partial charge in [-0.25, -0.2) is 4.98 Å². The van der Waals surface area contributed by atoms with Crippen LogP contribution >= 0.6 is 15.9 Å². The van der Waals surface area contributed by atoms with E-state index in [9.17, 15) is 0 Å². The molecule has 2 heterocycles. The molecule has 2 aromatic heterocycles. The van der Waals surface area contributed by atoms with Crippen LogP contribution in [0.2, 0.25) is 0 Å². The fourth-order valence-electron chi connectivity index (χ4n) is 1.63. The number of hydrogen-bond donors (Lipinski definition) is 1. The van der Waals surface area contributed by atoms with Crippen molar-refractivity contribution in [3.05, 3.63) is 40.8 Å². The van der Waals surface area contributed by atoms with Crippen LogP contribution in [0, 0.1) is 0 Å². The van der Waals surface area contributed by atoms with E-state index in [-0.39, 0.29) is 6.04 Å². The number of imidazole rings is 1. The van der Waals surface area contributed by atoms with Crippen molar-refractivity contribution < 1.29 is 4.42 Å². The molecule has 2 aromatic rings. The van der Waals surface area contributed by atoms with Crippen molar-refractivity contribution in [1.29, 1.82) is 0 Å². The van der Waals surface area contributed by atoms with Crippen molar-refractivity contribution in [2.24, 2.45) is 7.05 Å². The standard InChI is InChI=1S/C11H14BrN3O/c1-3-13-10(9-6-15(2)7-14-9)11-8(12)4-5-16-11/h4-7,10,13H,3H2,1-2H3. The summed E-state index contributed by atoms with van der Waals surface area (Å²) in [6.45, 7) is 2.92. The topological polar surface area (TPSA) is 43.0 Å². The van der Waals surface area contributed by atoms with E-state index in [0.717, 1.165) is 22.5 Å². The molecule has 0 saturated heterocycles. The van der Waals surface area contributed by atoms with Gasteiger partial charge in [-0.15, -0.1) is 0 Å². The van der Waals surface area contributed by atoms with Gasteiger partial charge in [0.1, 0.15) is 11.8 Å². The van der Waals surface area contributed by atoms with Gasteiger partial charge in [0.2, 0.25) is 0 Å². The van der Waals surface area contributed by atoms with Gasteiger partial charge in [0, 0.05) is 13.2 Å². The van der Waals surface area contributed by atoms with Crippen LogP contribution in [0.25, 0.3) is 0 Å². The third kappa shape index (κ3) is 2.20. The van der Waals surface area contributed by atoms with Gasteiger partial charge < -0.3 is 14.3 Å². The van der Waals surface area contributed by atoms with Gasteiger partial charge in [0.25, 0.3) is 0 Å². The van der Waals surface area contributed by atoms with Gasteiger partial charge in [-0.2, -0.15) is 0 Å². The zero-order chi connectivity index (χ0) is 11.5. The van der Waals surface area contributed by atoms with E-state index in [1.54, 1.807) is 12.6 Å². The highest BCUT2D eigenvalue weighted by molar-refractivity contribution is 9.10. The predicted octanol–water partition coefficient (Wildman–Crippen LogP) is 2.47. The van der Waals surface area contributed by atoms with E-state index in [1.165, 1.54) is 0 Å². The molecule has 0 aliphatic rings. The Morgan fingerprint density at radius 3 is 2.94 bits per heavy atom. The molecule has 1 atom stereocenters. The van der Waals surface area contributed by atoms with Crippen molar-refractivity contribution in [1.82, 2.24) is 14.9 Å². The highest BCUT2D eigenvalue weighted by Crippen LogP contribution is 2.28. The molecule has 0 aromatic carbocycles. The third-order valence-corrected chi connectivity index (χ3v) is 2.99. The molecular weight excluding hydrogens is 270 g/mol. The maximum Gasteiger partial charge on any atom is 0.141 e. The van der Waals surface area contributed by atoms with Gasteiger partial charge in [0.05, 0.1) is 22.8 Å². The molecule has 1 N–H and O–H groups in total. The summed E-state index contributed by atoms with van der Waals surface area (Å²) in [5.41, 5.74) is 0.958. The van der Waals surface area contributed by atoms with Gasteiger partial charge in [-0.3, -0.25) is 0 Å². The number of aromatic nitrogens is 2. The highest BCUT2D eigenvalue weighted by Gasteiger charge is 2.20. The Morgan fingerprint density at radius 2 is 2.44 bits per heavy atom. The van der Waals surface area contributed by atoms with Crippen LogP contribution in [0.15, 0.2) is 33.7 Å². The summed E-state index contributed by atoms with van der Waals surface area (Å²) in [6, 6.07) is 1.89. The van der Waals surface area contributed by atoms with Crippen LogP contribution in [0.3, 0.4) is 0 Å². The maximum absolute atomic E-state index is 5.48. The number of nitrogens with one attached hydrogen (secondary N) is 1. The van der Waals surface area contributed by atoms with Crippen LogP contribution < -0.4 is 5.32 Å². The fraction of sp³-hybridized carbons (Fsp3) is 0.364. The molecule has 86 valence electrons. The van der Waals surface area contributed by atoms with E-state index in [4.69, 9.17) is 4.42 Å². The molecule has 0 spiro atoms.